The van der Waals surface area contributed by atoms with Crippen LogP contribution in [0.15, 0.2) is 6.07 Å². The fourth-order valence-electron chi connectivity index (χ4n) is 3.24. The van der Waals surface area contributed by atoms with Gasteiger partial charge < -0.3 is 5.73 Å². The number of tetrazole rings is 1. The van der Waals surface area contributed by atoms with Crippen LogP contribution in [0.3, 0.4) is 0 Å². The Morgan fingerprint density at radius 3 is 3.00 bits per heavy atom. The number of carbonyl (C=O) groups excluding carboxylic acids is 1. The minimum Gasteiger partial charge on any atom is -0.364 e. The van der Waals surface area contributed by atoms with Crippen molar-refractivity contribution in [1.82, 2.24) is 35.3 Å². The number of nitrogens with zero attached hydrogens (tertiary/aromatic N) is 6. The molecule has 2 aromatic rings. The summed E-state index contributed by atoms with van der Waals surface area (Å²) in [7, 11) is 0. The number of hydrogen-bond donors (Lipinski definition) is 2. The highest BCUT2D eigenvalue weighted by Crippen LogP contribution is 2.35. The number of primary amides is 1. The first-order chi connectivity index (χ1) is 11.2. The molecule has 1 aliphatic heterocycles. The van der Waals surface area contributed by atoms with Crippen LogP contribution in [0.1, 0.15) is 59.6 Å². The molecule has 3 N–H and O–H groups in total. The molecule has 23 heavy (non-hydrogen) atoms. The fourth-order valence-corrected chi connectivity index (χ4v) is 3.24. The van der Waals surface area contributed by atoms with E-state index < -0.39 is 5.91 Å². The average Bonchev–Trinajstić information content (AvgIpc) is 3.09. The number of nitrogens with two attached hydrogens (primary N) is 1. The molecule has 122 valence electrons. The van der Waals surface area contributed by atoms with E-state index in [1.807, 2.05) is 4.68 Å². The van der Waals surface area contributed by atoms with E-state index in [4.69, 9.17) is 5.73 Å². The van der Waals surface area contributed by atoms with Crippen molar-refractivity contribution in [2.75, 3.05) is 13.1 Å². The van der Waals surface area contributed by atoms with Crippen molar-refractivity contribution < 1.29 is 4.79 Å². The molecule has 1 aliphatic carbocycles. The standard InChI is InChI=1S/C14H20N8O/c15-14(23)12-6-11(16-17-12)9-2-1-5-21(7-9)8-13-18-19-20-22(13)10-3-4-10/h6,9-10H,1-5,7-8H2,(H2,15,23)(H,16,17). The van der Waals surface area contributed by atoms with Crippen LogP contribution in [0.5, 0.6) is 0 Å². The first-order valence-electron chi connectivity index (χ1n) is 8.05. The Kier molecular flexibility index (Phi) is 3.56. The van der Waals surface area contributed by atoms with Gasteiger partial charge in [0.15, 0.2) is 5.82 Å². The minimum absolute atomic E-state index is 0.301. The molecule has 1 saturated heterocycles. The second-order valence-electron chi connectivity index (χ2n) is 6.42. The Morgan fingerprint density at radius 2 is 2.26 bits per heavy atom. The number of H-pyrrole nitrogens is 1. The third-order valence-electron chi connectivity index (χ3n) is 4.61. The molecule has 1 atom stereocenters. The normalized spacial score (nSPS) is 22.3. The Bertz CT molecular complexity index is 703. The van der Waals surface area contributed by atoms with Crippen LogP contribution in [0.2, 0.25) is 0 Å². The lowest BCUT2D eigenvalue weighted by Gasteiger charge is -2.31. The summed E-state index contributed by atoms with van der Waals surface area (Å²) in [5, 5.41) is 19.0. The van der Waals surface area contributed by atoms with Crippen molar-refractivity contribution in [1.29, 1.82) is 0 Å². The molecular formula is C14H20N8O. The molecule has 3 heterocycles. The van der Waals surface area contributed by atoms with Gasteiger partial charge >= 0.3 is 0 Å². The molecule has 0 aromatic carbocycles. The number of amides is 1. The highest BCUT2D eigenvalue weighted by Gasteiger charge is 2.30. The van der Waals surface area contributed by atoms with E-state index >= 15 is 0 Å². The van der Waals surface area contributed by atoms with Gasteiger partial charge in [0.1, 0.15) is 5.69 Å². The smallest absolute Gasteiger partial charge is 0.269 e. The van der Waals surface area contributed by atoms with Crippen LogP contribution in [-0.4, -0.2) is 54.3 Å². The maximum atomic E-state index is 11.2. The van der Waals surface area contributed by atoms with E-state index in [-0.39, 0.29) is 0 Å². The highest BCUT2D eigenvalue weighted by atomic mass is 16.1. The van der Waals surface area contributed by atoms with Gasteiger partial charge in [-0.1, -0.05) is 0 Å². The SMILES string of the molecule is NC(=O)c1cc(C2CCCN(Cc3nnnn3C3CC3)C2)[nH]n1. The van der Waals surface area contributed by atoms with E-state index in [2.05, 4.69) is 30.6 Å². The van der Waals surface area contributed by atoms with Gasteiger partial charge in [-0.25, -0.2) is 4.68 Å². The van der Waals surface area contributed by atoms with Gasteiger partial charge in [0, 0.05) is 18.2 Å². The zero-order valence-electron chi connectivity index (χ0n) is 12.9. The van der Waals surface area contributed by atoms with Crippen molar-refractivity contribution in [3.63, 3.8) is 0 Å². The first-order valence-corrected chi connectivity index (χ1v) is 8.05. The minimum atomic E-state index is -0.497. The van der Waals surface area contributed by atoms with Crippen molar-refractivity contribution in [3.05, 3.63) is 23.3 Å². The van der Waals surface area contributed by atoms with Crippen LogP contribution < -0.4 is 5.73 Å². The summed E-state index contributed by atoms with van der Waals surface area (Å²) in [6, 6.07) is 2.26. The van der Waals surface area contributed by atoms with Gasteiger partial charge in [-0.2, -0.15) is 5.10 Å². The second-order valence-corrected chi connectivity index (χ2v) is 6.42. The number of piperidine rings is 1. The average molecular weight is 316 g/mol. The maximum absolute atomic E-state index is 11.2. The molecule has 0 spiro atoms. The molecule has 0 bridgehead atoms. The predicted molar refractivity (Wildman–Crippen MR) is 80.4 cm³/mol. The Labute approximate surface area is 133 Å². The second kappa shape index (κ2) is 5.73. The predicted octanol–water partition coefficient (Wildman–Crippen LogP) is 0.210. The molecule has 9 heteroatoms. The van der Waals surface area contributed by atoms with Crippen molar-refractivity contribution in [3.8, 4) is 0 Å². The molecule has 9 nitrogen and oxygen atoms in total. The van der Waals surface area contributed by atoms with Crippen LogP contribution in [-0.2, 0) is 6.54 Å². The summed E-state index contributed by atoms with van der Waals surface area (Å²) < 4.78 is 1.96. The van der Waals surface area contributed by atoms with Crippen LogP contribution in [0, 0.1) is 0 Å². The first kappa shape index (κ1) is 14.3. The topological polar surface area (TPSA) is 119 Å². The number of carbonyl (C=O) groups is 1. The third kappa shape index (κ3) is 2.96. The molecule has 2 fully saturated rings. The molecule has 1 saturated carbocycles. The summed E-state index contributed by atoms with van der Waals surface area (Å²) in [5.41, 5.74) is 6.55. The number of likely N-dealkylation sites (tertiary alicyclic amines) is 1. The largest absolute Gasteiger partial charge is 0.364 e. The van der Waals surface area contributed by atoms with E-state index in [0.717, 1.165) is 44.0 Å². The Morgan fingerprint density at radius 1 is 1.39 bits per heavy atom. The summed E-state index contributed by atoms with van der Waals surface area (Å²) in [4.78, 5) is 13.5. The van der Waals surface area contributed by atoms with Crippen LogP contribution in [0.4, 0.5) is 0 Å². The van der Waals surface area contributed by atoms with E-state index in [0.29, 0.717) is 17.7 Å². The molecule has 2 aliphatic rings. The number of hydrogen-bond acceptors (Lipinski definition) is 6. The van der Waals surface area contributed by atoms with Gasteiger partial charge in [-0.15, -0.1) is 5.10 Å². The van der Waals surface area contributed by atoms with E-state index in [1.165, 1.54) is 12.8 Å². The lowest BCUT2D eigenvalue weighted by atomic mass is 9.94. The summed E-state index contributed by atoms with van der Waals surface area (Å²) in [5.74, 6) is 0.772. The van der Waals surface area contributed by atoms with Gasteiger partial charge in [0.2, 0.25) is 0 Å². The third-order valence-corrected chi connectivity index (χ3v) is 4.61. The van der Waals surface area contributed by atoms with Gasteiger partial charge in [-0.3, -0.25) is 14.8 Å². The van der Waals surface area contributed by atoms with E-state index in [9.17, 15) is 4.79 Å². The Balaban J connectivity index is 1.44. The summed E-state index contributed by atoms with van der Waals surface area (Å²) in [6.07, 6.45) is 4.51. The zero-order chi connectivity index (χ0) is 15.8. The van der Waals surface area contributed by atoms with Crippen molar-refractivity contribution in [2.45, 2.75) is 44.2 Å². The lowest BCUT2D eigenvalue weighted by molar-refractivity contribution is 0.0995. The number of nitrogens with one attached hydrogen (secondary N) is 1. The van der Waals surface area contributed by atoms with Crippen molar-refractivity contribution in [2.24, 2.45) is 5.73 Å². The highest BCUT2D eigenvalue weighted by molar-refractivity contribution is 5.90. The molecule has 2 aromatic heterocycles. The Hall–Kier alpha value is -2.29. The summed E-state index contributed by atoms with van der Waals surface area (Å²) in [6.45, 7) is 2.69. The molecular weight excluding hydrogens is 296 g/mol. The number of aromatic amines is 1. The van der Waals surface area contributed by atoms with Crippen LogP contribution in [0.25, 0.3) is 0 Å². The zero-order valence-corrected chi connectivity index (χ0v) is 12.9. The maximum Gasteiger partial charge on any atom is 0.269 e. The molecule has 4 rings (SSSR count). The van der Waals surface area contributed by atoms with Crippen LogP contribution >= 0.6 is 0 Å². The van der Waals surface area contributed by atoms with Gasteiger partial charge in [-0.05, 0) is 48.7 Å². The van der Waals surface area contributed by atoms with E-state index in [1.54, 1.807) is 6.07 Å². The van der Waals surface area contributed by atoms with Crippen molar-refractivity contribution >= 4 is 5.91 Å². The summed E-state index contributed by atoms with van der Waals surface area (Å²) >= 11 is 0. The monoisotopic (exact) mass is 316 g/mol. The van der Waals surface area contributed by atoms with Gasteiger partial charge in [0.05, 0.1) is 12.6 Å². The molecule has 1 unspecified atom stereocenters. The molecule has 0 radical (unpaired) electrons. The number of rotatable bonds is 5. The quantitative estimate of drug-likeness (QED) is 0.814. The molecule has 1 amide bonds. The fraction of sp³-hybridized carbons (Fsp3) is 0.643. The number of aromatic nitrogens is 6. The van der Waals surface area contributed by atoms with Gasteiger partial charge in [0.25, 0.3) is 5.91 Å². The lowest BCUT2D eigenvalue weighted by Crippen LogP contribution is -2.35.